The minimum atomic E-state index is -0.687. The lowest BCUT2D eigenvalue weighted by molar-refractivity contribution is -0.130. The van der Waals surface area contributed by atoms with E-state index in [1.807, 2.05) is 0 Å². The van der Waals surface area contributed by atoms with Gasteiger partial charge in [-0.05, 0) is 48.0 Å². The fraction of sp³-hybridized carbons (Fsp3) is 0.824. The molecule has 0 aromatic rings. The maximum atomic E-state index is 12.7. The van der Waals surface area contributed by atoms with Crippen molar-refractivity contribution in [2.75, 3.05) is 13.1 Å². The zero-order chi connectivity index (χ0) is 19.2. The molecule has 2 atom stereocenters. The molecule has 3 amide bonds. The Kier molecular flexibility index (Phi) is 4.94. The molecule has 8 nitrogen and oxygen atoms in total. The highest BCUT2D eigenvalue weighted by Crippen LogP contribution is 2.33. The molecular weight excluding hydrogens is 326 g/mol. The molecule has 0 radical (unpaired) electrons. The highest BCUT2D eigenvalue weighted by atomic mass is 16.6. The van der Waals surface area contributed by atoms with Gasteiger partial charge in [-0.3, -0.25) is 4.79 Å². The lowest BCUT2D eigenvalue weighted by atomic mass is 10.0. The Morgan fingerprint density at radius 2 is 1.16 bits per heavy atom. The van der Waals surface area contributed by atoms with Gasteiger partial charge in [0.1, 0.15) is 11.2 Å². The zero-order valence-corrected chi connectivity index (χ0v) is 16.2. The fourth-order valence-electron chi connectivity index (χ4n) is 3.10. The quantitative estimate of drug-likeness (QED) is 0.666. The van der Waals surface area contributed by atoms with E-state index in [4.69, 9.17) is 9.47 Å². The zero-order valence-electron chi connectivity index (χ0n) is 16.2. The Morgan fingerprint density at radius 3 is 1.44 bits per heavy atom. The van der Waals surface area contributed by atoms with Gasteiger partial charge in [-0.1, -0.05) is 0 Å². The van der Waals surface area contributed by atoms with Gasteiger partial charge in [0.05, 0.1) is 12.1 Å². The largest absolute Gasteiger partial charge is 0.442 e. The van der Waals surface area contributed by atoms with Crippen LogP contribution in [0.4, 0.5) is 9.59 Å². The van der Waals surface area contributed by atoms with Gasteiger partial charge in [0.2, 0.25) is 5.91 Å². The summed E-state index contributed by atoms with van der Waals surface area (Å²) in [6.07, 6.45) is -0.602. The lowest BCUT2D eigenvalue weighted by Gasteiger charge is -2.34. The number of amides is 3. The molecule has 0 N–H and O–H groups in total. The molecule has 2 aliphatic rings. The van der Waals surface area contributed by atoms with E-state index in [1.54, 1.807) is 46.4 Å². The maximum absolute atomic E-state index is 12.7. The van der Waals surface area contributed by atoms with Crippen molar-refractivity contribution in [2.24, 2.45) is 0 Å². The molecule has 25 heavy (non-hydrogen) atoms. The van der Waals surface area contributed by atoms with Crippen molar-refractivity contribution < 1.29 is 23.9 Å². The van der Waals surface area contributed by atoms with E-state index in [-0.39, 0.29) is 18.0 Å². The van der Waals surface area contributed by atoms with Crippen LogP contribution in [-0.2, 0) is 14.3 Å². The topological polar surface area (TPSA) is 79.4 Å². The summed E-state index contributed by atoms with van der Waals surface area (Å²) in [6, 6.07) is -0.602. The second kappa shape index (κ2) is 6.38. The van der Waals surface area contributed by atoms with E-state index < -0.39 is 23.4 Å². The molecule has 0 aromatic heterocycles. The molecule has 0 aromatic carbocycles. The first-order chi connectivity index (χ1) is 11.3. The fourth-order valence-corrected chi connectivity index (χ4v) is 3.10. The minimum absolute atomic E-state index is 0.0788. The molecular formula is C17H29N3O5. The average Bonchev–Trinajstić information content (AvgIpc) is 2.65. The smallest absolute Gasteiger partial charge is 0.429 e. The molecule has 2 rings (SSSR count). The average molecular weight is 355 g/mol. The van der Waals surface area contributed by atoms with Gasteiger partial charge in [0.15, 0.2) is 0 Å². The van der Waals surface area contributed by atoms with Crippen LogP contribution in [0.3, 0.4) is 0 Å². The number of likely N-dealkylation sites (tertiary alicyclic amines) is 1. The van der Waals surface area contributed by atoms with Crippen LogP contribution in [0.5, 0.6) is 0 Å². The first-order valence-electron chi connectivity index (χ1n) is 8.58. The third-order valence-electron chi connectivity index (χ3n) is 3.94. The summed E-state index contributed by atoms with van der Waals surface area (Å²) in [5.74, 6) is -0.0788. The molecule has 2 aliphatic heterocycles. The van der Waals surface area contributed by atoms with Crippen LogP contribution in [-0.4, -0.2) is 69.4 Å². The monoisotopic (exact) mass is 355 g/mol. The van der Waals surface area contributed by atoms with E-state index in [9.17, 15) is 14.4 Å². The number of carbonyl (C=O) groups is 3. The second-order valence-electron chi connectivity index (χ2n) is 8.62. The van der Waals surface area contributed by atoms with Gasteiger partial charge in [0.25, 0.3) is 0 Å². The predicted molar refractivity (Wildman–Crippen MR) is 90.6 cm³/mol. The van der Waals surface area contributed by atoms with Gasteiger partial charge >= 0.3 is 12.2 Å². The van der Waals surface area contributed by atoms with E-state index in [1.165, 1.54) is 16.9 Å². The number of hydrogen-bond acceptors (Lipinski definition) is 5. The highest BCUT2D eigenvalue weighted by molar-refractivity contribution is 5.78. The number of nitrogens with zero attached hydrogens (tertiary/aromatic N) is 3. The van der Waals surface area contributed by atoms with Crippen LogP contribution < -0.4 is 0 Å². The highest BCUT2D eigenvalue weighted by Gasteiger charge is 2.52. The third kappa shape index (κ3) is 4.55. The van der Waals surface area contributed by atoms with Crippen molar-refractivity contribution >= 4 is 18.1 Å². The standard InChI is InChI=1S/C17H29N3O5/c1-11(21)18-9-12-8-13(10-18)20(15(23)25-17(5,6)7)19(12)14(22)24-16(2,3)4/h12-13H,8-10H2,1-7H3. The van der Waals surface area contributed by atoms with Gasteiger partial charge in [-0.15, -0.1) is 0 Å². The minimum Gasteiger partial charge on any atom is -0.442 e. The van der Waals surface area contributed by atoms with Gasteiger partial charge in [-0.2, -0.15) is 0 Å². The summed E-state index contributed by atoms with van der Waals surface area (Å²) in [6.45, 7) is 12.9. The van der Waals surface area contributed by atoms with Gasteiger partial charge in [0, 0.05) is 20.0 Å². The van der Waals surface area contributed by atoms with Crippen molar-refractivity contribution in [2.45, 2.75) is 78.2 Å². The second-order valence-corrected chi connectivity index (χ2v) is 8.62. The van der Waals surface area contributed by atoms with Crippen LogP contribution in [0.2, 0.25) is 0 Å². The Bertz CT molecular complexity index is 522. The van der Waals surface area contributed by atoms with Crippen LogP contribution >= 0.6 is 0 Å². The van der Waals surface area contributed by atoms with E-state index >= 15 is 0 Å². The molecule has 2 bridgehead atoms. The van der Waals surface area contributed by atoms with Gasteiger partial charge in [-0.25, -0.2) is 19.6 Å². The first-order valence-corrected chi connectivity index (χ1v) is 8.58. The Morgan fingerprint density at radius 1 is 0.800 bits per heavy atom. The molecule has 0 aliphatic carbocycles. The number of piperidine rings is 1. The Labute approximate surface area is 149 Å². The van der Waals surface area contributed by atoms with Crippen molar-refractivity contribution in [3.8, 4) is 0 Å². The molecule has 0 spiro atoms. The SMILES string of the molecule is CC(=O)N1CC2CC(C1)N(C(=O)OC(C)(C)C)N2C(=O)OC(C)(C)C. The summed E-state index contributed by atoms with van der Waals surface area (Å²) in [5.41, 5.74) is -1.37. The molecule has 2 heterocycles. The maximum Gasteiger partial charge on any atom is 0.429 e. The summed E-state index contributed by atoms with van der Waals surface area (Å²) in [5, 5.41) is 2.65. The third-order valence-corrected chi connectivity index (χ3v) is 3.94. The van der Waals surface area contributed by atoms with Crippen molar-refractivity contribution in [1.82, 2.24) is 14.9 Å². The van der Waals surface area contributed by atoms with Crippen molar-refractivity contribution in [3.05, 3.63) is 0 Å². The molecule has 2 fully saturated rings. The van der Waals surface area contributed by atoms with Crippen LogP contribution in [0.1, 0.15) is 54.9 Å². The number of hydrazine groups is 1. The van der Waals surface area contributed by atoms with E-state index in [2.05, 4.69) is 0 Å². The molecule has 2 unspecified atom stereocenters. The molecule has 0 saturated carbocycles. The molecule has 8 heteroatoms. The van der Waals surface area contributed by atoms with E-state index in [0.717, 1.165) is 0 Å². The molecule has 2 saturated heterocycles. The Balaban J connectivity index is 2.30. The molecule has 142 valence electrons. The van der Waals surface area contributed by atoms with Crippen LogP contribution in [0, 0.1) is 0 Å². The van der Waals surface area contributed by atoms with Crippen LogP contribution in [0.15, 0.2) is 0 Å². The lowest BCUT2D eigenvalue weighted by Crippen LogP contribution is -2.53. The number of ether oxygens (including phenoxy) is 2. The summed E-state index contributed by atoms with van der Waals surface area (Å²) in [4.78, 5) is 38.9. The number of rotatable bonds is 0. The first kappa shape index (κ1) is 19.3. The summed E-state index contributed by atoms with van der Waals surface area (Å²) >= 11 is 0. The summed E-state index contributed by atoms with van der Waals surface area (Å²) < 4.78 is 10.9. The summed E-state index contributed by atoms with van der Waals surface area (Å²) in [7, 11) is 0. The normalized spacial score (nSPS) is 23.6. The number of carbonyl (C=O) groups excluding carboxylic acids is 3. The van der Waals surface area contributed by atoms with E-state index in [0.29, 0.717) is 19.5 Å². The number of hydrogen-bond donors (Lipinski definition) is 0. The van der Waals surface area contributed by atoms with Crippen molar-refractivity contribution in [3.63, 3.8) is 0 Å². The van der Waals surface area contributed by atoms with Crippen molar-refractivity contribution in [1.29, 1.82) is 0 Å². The Hall–Kier alpha value is -1.99. The van der Waals surface area contributed by atoms with Gasteiger partial charge < -0.3 is 14.4 Å². The van der Waals surface area contributed by atoms with Crippen LogP contribution in [0.25, 0.3) is 0 Å². The predicted octanol–water partition coefficient (Wildman–Crippen LogP) is 2.38. The number of fused-ring (bicyclic) bond motifs is 2.